The Bertz CT molecular complexity index is 986. The van der Waals surface area contributed by atoms with Crippen LogP contribution in [0.15, 0.2) is 24.4 Å². The van der Waals surface area contributed by atoms with Gasteiger partial charge in [-0.15, -0.1) is 0 Å². The van der Waals surface area contributed by atoms with Crippen molar-refractivity contribution in [1.82, 2.24) is 15.1 Å². The lowest BCUT2D eigenvalue weighted by Crippen LogP contribution is -2.63. The van der Waals surface area contributed by atoms with Crippen LogP contribution in [0.25, 0.3) is 0 Å². The van der Waals surface area contributed by atoms with Gasteiger partial charge in [0.25, 0.3) is 0 Å². The second-order valence-corrected chi connectivity index (χ2v) is 12.7. The second kappa shape index (κ2) is 9.84. The molecule has 3 heterocycles. The van der Waals surface area contributed by atoms with E-state index in [4.69, 9.17) is 4.74 Å². The molecule has 0 saturated carbocycles. The summed E-state index contributed by atoms with van der Waals surface area (Å²) in [5.41, 5.74) is 0.868. The largest absolute Gasteiger partial charge is 0.444 e. The van der Waals surface area contributed by atoms with Gasteiger partial charge in [0.15, 0.2) is 0 Å². The summed E-state index contributed by atoms with van der Waals surface area (Å²) in [6, 6.07) is 2.72. The molecule has 36 heavy (non-hydrogen) atoms. The van der Waals surface area contributed by atoms with Crippen molar-refractivity contribution >= 4 is 11.8 Å². The van der Waals surface area contributed by atoms with Gasteiger partial charge in [0.1, 0.15) is 17.2 Å². The van der Waals surface area contributed by atoms with Crippen molar-refractivity contribution in [2.45, 2.75) is 78.0 Å². The number of halogens is 2. The molecule has 0 bridgehead atoms. The summed E-state index contributed by atoms with van der Waals surface area (Å²) in [6.45, 7) is 18.4. The topological polar surface area (TPSA) is 48.0 Å². The zero-order valence-corrected chi connectivity index (χ0v) is 22.6. The van der Waals surface area contributed by atoms with Crippen LogP contribution in [0.2, 0.25) is 0 Å². The highest BCUT2D eigenvalue weighted by molar-refractivity contribution is 5.68. The highest BCUT2D eigenvalue weighted by Crippen LogP contribution is 2.34. The van der Waals surface area contributed by atoms with E-state index < -0.39 is 11.4 Å². The maximum atomic E-state index is 15.4. The van der Waals surface area contributed by atoms with Crippen molar-refractivity contribution in [2.75, 3.05) is 44.2 Å². The van der Waals surface area contributed by atoms with Crippen molar-refractivity contribution in [3.8, 4) is 0 Å². The quantitative estimate of drug-likeness (QED) is 0.607. The minimum absolute atomic E-state index is 0.271. The van der Waals surface area contributed by atoms with Crippen molar-refractivity contribution in [2.24, 2.45) is 5.41 Å². The summed E-state index contributed by atoms with van der Waals surface area (Å²) in [4.78, 5) is 18.3. The van der Waals surface area contributed by atoms with E-state index in [1.165, 1.54) is 12.1 Å². The van der Waals surface area contributed by atoms with Crippen molar-refractivity contribution in [3.63, 3.8) is 0 Å². The third-order valence-electron chi connectivity index (χ3n) is 7.75. The van der Waals surface area contributed by atoms with E-state index in [0.29, 0.717) is 56.5 Å². The first-order chi connectivity index (χ1) is 16.7. The molecular weight excluding hydrogens is 462 g/mol. The summed E-state index contributed by atoms with van der Waals surface area (Å²) >= 11 is 0. The SMILES string of the molecule is C=C1CN(c2cc(F)c(CN3CCC(C)(C)CC3)cc2F)CC2(CCN(C(=O)OC(C)(C)C)CC2)N1. The van der Waals surface area contributed by atoms with Crippen molar-refractivity contribution < 1.29 is 18.3 Å². The number of amides is 1. The van der Waals surface area contributed by atoms with Gasteiger partial charge in [-0.25, -0.2) is 13.6 Å². The molecule has 200 valence electrons. The van der Waals surface area contributed by atoms with Gasteiger partial charge < -0.3 is 19.9 Å². The predicted molar refractivity (Wildman–Crippen MR) is 139 cm³/mol. The molecule has 0 atom stereocenters. The first kappa shape index (κ1) is 26.7. The van der Waals surface area contributed by atoms with Gasteiger partial charge in [-0.2, -0.15) is 0 Å². The van der Waals surface area contributed by atoms with Gasteiger partial charge in [-0.05, 0) is 71.0 Å². The summed E-state index contributed by atoms with van der Waals surface area (Å²) in [6.07, 6.45) is 3.16. The molecule has 4 rings (SSSR count). The van der Waals surface area contributed by atoms with E-state index in [9.17, 15) is 4.79 Å². The Morgan fingerprint density at radius 3 is 2.31 bits per heavy atom. The number of hydrogen-bond donors (Lipinski definition) is 1. The number of piperazine rings is 1. The Labute approximate surface area is 214 Å². The molecular formula is C28H42F2N4O2. The molecule has 1 aromatic rings. The van der Waals surface area contributed by atoms with Crippen LogP contribution in [0, 0.1) is 17.0 Å². The number of nitrogens with zero attached hydrogens (tertiary/aromatic N) is 3. The Hall–Kier alpha value is -2.35. The van der Waals surface area contributed by atoms with E-state index in [1.54, 1.807) is 4.90 Å². The number of benzene rings is 1. The summed E-state index contributed by atoms with van der Waals surface area (Å²) in [7, 11) is 0. The van der Waals surface area contributed by atoms with Crippen molar-refractivity contribution in [1.29, 1.82) is 0 Å². The third-order valence-corrected chi connectivity index (χ3v) is 7.75. The van der Waals surface area contributed by atoms with Gasteiger partial charge in [-0.1, -0.05) is 20.4 Å². The lowest BCUT2D eigenvalue weighted by Gasteiger charge is -2.50. The predicted octanol–water partition coefficient (Wildman–Crippen LogP) is 5.28. The molecule has 1 spiro atoms. The van der Waals surface area contributed by atoms with Crippen LogP contribution in [0.3, 0.4) is 0 Å². The van der Waals surface area contributed by atoms with Gasteiger partial charge in [0.2, 0.25) is 0 Å². The highest BCUT2D eigenvalue weighted by atomic mass is 19.1. The monoisotopic (exact) mass is 504 g/mol. The first-order valence-corrected chi connectivity index (χ1v) is 13.1. The second-order valence-electron chi connectivity index (χ2n) is 12.7. The highest BCUT2D eigenvalue weighted by Gasteiger charge is 2.41. The van der Waals surface area contributed by atoms with E-state index in [2.05, 4.69) is 30.6 Å². The maximum absolute atomic E-state index is 15.4. The van der Waals surface area contributed by atoms with Crippen LogP contribution in [0.1, 0.15) is 65.9 Å². The summed E-state index contributed by atoms with van der Waals surface area (Å²) in [5.74, 6) is -0.769. The third kappa shape index (κ3) is 6.31. The number of likely N-dealkylation sites (tertiary alicyclic amines) is 2. The summed E-state index contributed by atoms with van der Waals surface area (Å²) < 4.78 is 36.0. The van der Waals surface area contributed by atoms with Crippen LogP contribution >= 0.6 is 0 Å². The fourth-order valence-corrected chi connectivity index (χ4v) is 5.50. The van der Waals surface area contributed by atoms with E-state index >= 15 is 8.78 Å². The Morgan fingerprint density at radius 1 is 1.06 bits per heavy atom. The molecule has 3 aliphatic rings. The molecule has 3 saturated heterocycles. The molecule has 6 nitrogen and oxygen atoms in total. The van der Waals surface area contributed by atoms with Crippen LogP contribution in [-0.4, -0.2) is 66.3 Å². The van der Waals surface area contributed by atoms with E-state index in [-0.39, 0.29) is 23.1 Å². The Morgan fingerprint density at radius 2 is 1.69 bits per heavy atom. The normalized spacial score (nSPS) is 22.5. The molecule has 1 N–H and O–H groups in total. The van der Waals surface area contributed by atoms with Crippen LogP contribution in [0.4, 0.5) is 19.3 Å². The molecule has 8 heteroatoms. The van der Waals surface area contributed by atoms with Crippen LogP contribution in [-0.2, 0) is 11.3 Å². The Kier molecular flexibility index (Phi) is 7.30. The molecule has 1 amide bonds. The lowest BCUT2D eigenvalue weighted by atomic mass is 9.82. The van der Waals surface area contributed by atoms with Gasteiger partial charge in [0.05, 0.1) is 17.8 Å². The molecule has 0 aromatic heterocycles. The number of carbonyl (C=O) groups excluding carboxylic acids is 1. The number of rotatable bonds is 3. The number of hydrogen-bond acceptors (Lipinski definition) is 5. The number of anilines is 1. The number of carbonyl (C=O) groups is 1. The minimum atomic E-state index is -0.543. The first-order valence-electron chi connectivity index (χ1n) is 13.1. The number of nitrogens with one attached hydrogen (secondary N) is 1. The maximum Gasteiger partial charge on any atom is 0.410 e. The average molecular weight is 505 g/mol. The zero-order chi connectivity index (χ0) is 26.3. The fraction of sp³-hybridized carbons (Fsp3) is 0.679. The molecule has 0 radical (unpaired) electrons. The standard InChI is InChI=1S/C28H42F2N4O2/c1-20-17-34(19-28(31-20)9-13-33(14-10-28)25(35)36-26(2,3)4)24-16-22(29)21(15-23(24)30)18-32-11-7-27(5,6)8-12-32/h15-16,31H,1,7-14,17-19H2,2-6H3. The van der Waals surface area contributed by atoms with E-state index in [0.717, 1.165) is 31.6 Å². The molecule has 1 aromatic carbocycles. The number of ether oxygens (including phenoxy) is 1. The summed E-state index contributed by atoms with van der Waals surface area (Å²) in [5, 5.41) is 3.51. The minimum Gasteiger partial charge on any atom is -0.444 e. The zero-order valence-electron chi connectivity index (χ0n) is 22.6. The van der Waals surface area contributed by atoms with E-state index in [1.807, 2.05) is 25.7 Å². The lowest BCUT2D eigenvalue weighted by molar-refractivity contribution is 0.0152. The number of piperidine rings is 2. The van der Waals surface area contributed by atoms with Crippen LogP contribution in [0.5, 0.6) is 0 Å². The van der Waals surface area contributed by atoms with Crippen LogP contribution < -0.4 is 10.2 Å². The Balaban J connectivity index is 1.43. The smallest absolute Gasteiger partial charge is 0.410 e. The fourth-order valence-electron chi connectivity index (χ4n) is 5.50. The van der Waals surface area contributed by atoms with Gasteiger partial charge in [-0.3, -0.25) is 4.90 Å². The molecule has 0 unspecified atom stereocenters. The molecule has 3 aliphatic heterocycles. The average Bonchev–Trinajstić information content (AvgIpc) is 2.76. The van der Waals surface area contributed by atoms with Crippen molar-refractivity contribution in [3.05, 3.63) is 41.6 Å². The molecule has 0 aliphatic carbocycles. The van der Waals surface area contributed by atoms with Gasteiger partial charge >= 0.3 is 6.09 Å². The molecule has 3 fully saturated rings. The van der Waals surface area contributed by atoms with Gasteiger partial charge in [0, 0.05) is 43.5 Å².